The lowest BCUT2D eigenvalue weighted by molar-refractivity contribution is -0.680. The van der Waals surface area contributed by atoms with Crippen molar-refractivity contribution < 1.29 is 19.6 Å². The number of benzene rings is 2. The van der Waals surface area contributed by atoms with Crippen LogP contribution in [0.5, 0.6) is 0 Å². The number of rotatable bonds is 8. The van der Waals surface area contributed by atoms with Crippen molar-refractivity contribution >= 4 is 12.0 Å². The van der Waals surface area contributed by atoms with Crippen molar-refractivity contribution in [1.29, 1.82) is 0 Å². The molecule has 1 aliphatic rings. The molecule has 29 heavy (non-hydrogen) atoms. The number of esters is 1. The molecule has 0 saturated carbocycles. The number of carbonyl (C=O) groups excluding carboxylic acids is 2. The lowest BCUT2D eigenvalue weighted by Crippen LogP contribution is -2.86. The molecule has 0 unspecified atom stereocenters. The zero-order valence-corrected chi connectivity index (χ0v) is 16.9. The molecule has 1 aliphatic heterocycles. The topological polar surface area (TPSA) is 84.0 Å². The average molecular weight is 394 g/mol. The number of hydrogen-bond acceptors (Lipinski definition) is 3. The third-order valence-electron chi connectivity index (χ3n) is 5.02. The zero-order chi connectivity index (χ0) is 20.6. The Morgan fingerprint density at radius 1 is 1.03 bits per heavy atom. The molecule has 6 nitrogen and oxygen atoms in total. The predicted molar refractivity (Wildman–Crippen MR) is 111 cm³/mol. The van der Waals surface area contributed by atoms with Gasteiger partial charge in [-0.05, 0) is 13.3 Å². The van der Waals surface area contributed by atoms with Gasteiger partial charge in [-0.1, -0.05) is 67.6 Å². The van der Waals surface area contributed by atoms with Crippen LogP contribution in [0, 0.1) is 0 Å². The van der Waals surface area contributed by atoms with Crippen molar-refractivity contribution in [2.45, 2.75) is 32.4 Å². The monoisotopic (exact) mass is 394 g/mol. The van der Waals surface area contributed by atoms with Crippen LogP contribution in [-0.4, -0.2) is 31.2 Å². The van der Waals surface area contributed by atoms with Gasteiger partial charge in [0.25, 0.3) is 0 Å². The highest BCUT2D eigenvalue weighted by Crippen LogP contribution is 2.19. The molecule has 0 radical (unpaired) electrons. The smallest absolute Gasteiger partial charge is 0.338 e. The first kappa shape index (κ1) is 20.6. The van der Waals surface area contributed by atoms with Gasteiger partial charge in [0.15, 0.2) is 0 Å². The van der Waals surface area contributed by atoms with E-state index in [1.807, 2.05) is 43.3 Å². The fourth-order valence-corrected chi connectivity index (χ4v) is 3.64. The quantitative estimate of drug-likeness (QED) is 0.601. The van der Waals surface area contributed by atoms with Gasteiger partial charge in [-0.3, -0.25) is 0 Å². The summed E-state index contributed by atoms with van der Waals surface area (Å²) in [6, 6.07) is 19.8. The van der Waals surface area contributed by atoms with E-state index in [2.05, 4.69) is 40.2 Å². The maximum atomic E-state index is 12.6. The van der Waals surface area contributed by atoms with Gasteiger partial charge in [-0.2, -0.15) is 0 Å². The van der Waals surface area contributed by atoms with E-state index in [4.69, 9.17) is 4.74 Å². The van der Waals surface area contributed by atoms with Crippen LogP contribution in [0.3, 0.4) is 0 Å². The Labute approximate surface area is 171 Å². The first-order valence-electron chi connectivity index (χ1n) is 10.0. The third kappa shape index (κ3) is 5.03. The van der Waals surface area contributed by atoms with Crippen LogP contribution in [0.4, 0.5) is 4.79 Å². The second kappa shape index (κ2) is 9.89. The maximum absolute atomic E-state index is 12.6. The Kier molecular flexibility index (Phi) is 7.03. The van der Waals surface area contributed by atoms with Crippen molar-refractivity contribution in [1.82, 2.24) is 10.6 Å². The standard InChI is InChI=1S/C23H27N3O3/c1-3-18-20(22(27)29-4-2)19(26-23(28)25-18)15-24-21(16-11-7-5-8-12-16)17-13-9-6-10-14-17/h5-14,18,21,24H,3-4,15H2,1-2H3,(H2,25,26,28)/p+1/t18-/m1/s1. The summed E-state index contributed by atoms with van der Waals surface area (Å²) in [6.07, 6.45) is 0.617. The Morgan fingerprint density at radius 2 is 1.62 bits per heavy atom. The Balaban J connectivity index is 1.91. The van der Waals surface area contributed by atoms with Gasteiger partial charge in [0.2, 0.25) is 0 Å². The summed E-state index contributed by atoms with van der Waals surface area (Å²) in [7, 11) is 0. The lowest BCUT2D eigenvalue weighted by atomic mass is 9.97. The molecule has 2 aromatic rings. The highest BCUT2D eigenvalue weighted by atomic mass is 16.5. The number of carbonyl (C=O) groups is 2. The van der Waals surface area contributed by atoms with Crippen LogP contribution in [0.1, 0.15) is 37.4 Å². The molecule has 2 amide bonds. The first-order chi connectivity index (χ1) is 14.1. The van der Waals surface area contributed by atoms with Crippen LogP contribution >= 0.6 is 0 Å². The molecule has 0 bridgehead atoms. The second-order valence-electron chi connectivity index (χ2n) is 6.91. The van der Waals surface area contributed by atoms with Crippen LogP contribution in [0.25, 0.3) is 0 Å². The van der Waals surface area contributed by atoms with Gasteiger partial charge in [0, 0.05) is 11.1 Å². The number of nitrogens with two attached hydrogens (primary N) is 1. The molecule has 4 N–H and O–H groups in total. The summed E-state index contributed by atoms with van der Waals surface area (Å²) in [6.45, 7) is 4.46. The number of urea groups is 1. The molecule has 152 valence electrons. The van der Waals surface area contributed by atoms with E-state index >= 15 is 0 Å². The molecule has 0 aliphatic carbocycles. The zero-order valence-electron chi connectivity index (χ0n) is 16.9. The molecule has 1 atom stereocenters. The van der Waals surface area contributed by atoms with E-state index in [1.54, 1.807) is 6.92 Å². The Hall–Kier alpha value is -3.12. The van der Waals surface area contributed by atoms with E-state index in [-0.39, 0.29) is 24.1 Å². The fourth-order valence-electron chi connectivity index (χ4n) is 3.64. The number of quaternary nitrogens is 1. The Morgan fingerprint density at radius 3 is 2.14 bits per heavy atom. The molecule has 0 saturated heterocycles. The molecule has 1 heterocycles. The van der Waals surface area contributed by atoms with Crippen LogP contribution in [0.15, 0.2) is 71.9 Å². The van der Waals surface area contributed by atoms with Crippen molar-refractivity contribution in [3.05, 3.63) is 83.1 Å². The van der Waals surface area contributed by atoms with Crippen LogP contribution in [-0.2, 0) is 9.53 Å². The number of ether oxygens (including phenoxy) is 1. The lowest BCUT2D eigenvalue weighted by Gasteiger charge is -2.28. The highest BCUT2D eigenvalue weighted by molar-refractivity contribution is 5.94. The Bertz CT molecular complexity index is 826. The van der Waals surface area contributed by atoms with Gasteiger partial charge >= 0.3 is 12.0 Å². The van der Waals surface area contributed by atoms with E-state index in [0.717, 1.165) is 11.1 Å². The summed E-state index contributed by atoms with van der Waals surface area (Å²) in [5, 5.41) is 7.78. The molecule has 3 rings (SSSR count). The molecule has 0 aromatic heterocycles. The first-order valence-corrected chi connectivity index (χ1v) is 10.0. The molecular weight excluding hydrogens is 366 g/mol. The maximum Gasteiger partial charge on any atom is 0.338 e. The minimum absolute atomic E-state index is 0.0419. The van der Waals surface area contributed by atoms with Crippen molar-refractivity contribution in [2.75, 3.05) is 13.2 Å². The minimum Gasteiger partial charge on any atom is -0.463 e. The van der Waals surface area contributed by atoms with Gasteiger partial charge in [0.1, 0.15) is 12.6 Å². The normalized spacial score (nSPS) is 16.4. The largest absolute Gasteiger partial charge is 0.463 e. The molecule has 0 spiro atoms. The van der Waals surface area contributed by atoms with Gasteiger partial charge < -0.3 is 20.7 Å². The SMILES string of the molecule is CCOC(=O)C1=C(C[NH2+]C(c2ccccc2)c2ccccc2)NC(=O)N[C@@H]1CC. The van der Waals surface area contributed by atoms with Crippen molar-refractivity contribution in [3.63, 3.8) is 0 Å². The van der Waals surface area contributed by atoms with E-state index in [9.17, 15) is 9.59 Å². The van der Waals surface area contributed by atoms with Crippen molar-refractivity contribution in [2.24, 2.45) is 0 Å². The summed E-state index contributed by atoms with van der Waals surface area (Å²) >= 11 is 0. The number of hydrogen-bond donors (Lipinski definition) is 3. The molecular formula is C23H28N3O3+. The number of amides is 2. The van der Waals surface area contributed by atoms with E-state index in [1.165, 1.54) is 0 Å². The molecule has 6 heteroatoms. The summed E-state index contributed by atoms with van der Waals surface area (Å²) < 4.78 is 5.25. The van der Waals surface area contributed by atoms with Crippen LogP contribution < -0.4 is 16.0 Å². The number of nitrogens with one attached hydrogen (secondary N) is 2. The van der Waals surface area contributed by atoms with Gasteiger partial charge in [-0.25, -0.2) is 9.59 Å². The third-order valence-corrected chi connectivity index (χ3v) is 5.02. The second-order valence-corrected chi connectivity index (χ2v) is 6.91. The van der Waals surface area contributed by atoms with Gasteiger partial charge in [-0.15, -0.1) is 0 Å². The molecule has 2 aromatic carbocycles. The summed E-state index contributed by atoms with van der Waals surface area (Å²) in [4.78, 5) is 24.7. The average Bonchev–Trinajstić information content (AvgIpc) is 2.75. The fraction of sp³-hybridized carbons (Fsp3) is 0.304. The highest BCUT2D eigenvalue weighted by Gasteiger charge is 2.32. The van der Waals surface area contributed by atoms with Gasteiger partial charge in [0.05, 0.1) is 23.9 Å². The van der Waals surface area contributed by atoms with E-state index in [0.29, 0.717) is 30.8 Å². The minimum atomic E-state index is -0.383. The van der Waals surface area contributed by atoms with E-state index < -0.39 is 0 Å². The van der Waals surface area contributed by atoms with Crippen molar-refractivity contribution in [3.8, 4) is 0 Å². The predicted octanol–water partition coefficient (Wildman–Crippen LogP) is 2.25. The summed E-state index contributed by atoms with van der Waals surface area (Å²) in [5.74, 6) is -0.383. The van der Waals surface area contributed by atoms with Crippen LogP contribution in [0.2, 0.25) is 0 Å². The summed E-state index contributed by atoms with van der Waals surface area (Å²) in [5.41, 5.74) is 3.43. The molecule has 0 fully saturated rings.